The SMILES string of the molecule is O=C(Nc1ccncn1)N1CCCC1CC(O)c1cccs1. The predicted molar refractivity (Wildman–Crippen MR) is 84.7 cm³/mol. The van der Waals surface area contributed by atoms with Gasteiger partial charge in [-0.25, -0.2) is 14.8 Å². The van der Waals surface area contributed by atoms with Gasteiger partial charge in [0.1, 0.15) is 12.1 Å². The van der Waals surface area contributed by atoms with Crippen molar-refractivity contribution in [1.82, 2.24) is 14.9 Å². The number of anilines is 1. The second-order valence-corrected chi connectivity index (χ2v) is 6.26. The second-order valence-electron chi connectivity index (χ2n) is 5.28. The molecule has 2 aromatic rings. The molecule has 6 nitrogen and oxygen atoms in total. The summed E-state index contributed by atoms with van der Waals surface area (Å²) < 4.78 is 0. The van der Waals surface area contributed by atoms with Gasteiger partial charge in [-0.3, -0.25) is 5.32 Å². The van der Waals surface area contributed by atoms with E-state index >= 15 is 0 Å². The molecule has 2 N–H and O–H groups in total. The quantitative estimate of drug-likeness (QED) is 0.908. The highest BCUT2D eigenvalue weighted by Gasteiger charge is 2.31. The van der Waals surface area contributed by atoms with E-state index in [1.807, 2.05) is 17.5 Å². The third-order valence-corrected chi connectivity index (χ3v) is 4.80. The molecule has 0 bridgehead atoms. The van der Waals surface area contributed by atoms with Crippen LogP contribution in [0.2, 0.25) is 0 Å². The van der Waals surface area contributed by atoms with E-state index in [9.17, 15) is 9.90 Å². The molecule has 0 saturated carbocycles. The summed E-state index contributed by atoms with van der Waals surface area (Å²) in [4.78, 5) is 22.9. The standard InChI is InChI=1S/C15H18N4O2S/c20-12(13-4-2-8-22-13)9-11-3-1-7-19(11)15(21)18-14-5-6-16-10-17-14/h2,4-6,8,10-12,20H,1,3,7,9H2,(H,16,17,18,21). The fourth-order valence-corrected chi connectivity index (χ4v) is 3.47. The van der Waals surface area contributed by atoms with E-state index in [2.05, 4.69) is 15.3 Å². The Balaban J connectivity index is 1.61. The highest BCUT2D eigenvalue weighted by molar-refractivity contribution is 7.10. The number of likely N-dealkylation sites (tertiary alicyclic amines) is 1. The fourth-order valence-electron chi connectivity index (χ4n) is 2.75. The number of nitrogens with one attached hydrogen (secondary N) is 1. The maximum Gasteiger partial charge on any atom is 0.323 e. The largest absolute Gasteiger partial charge is 0.387 e. The number of thiophene rings is 1. The Morgan fingerprint density at radius 3 is 3.18 bits per heavy atom. The number of amides is 2. The summed E-state index contributed by atoms with van der Waals surface area (Å²) in [6.07, 6.45) is 4.91. The van der Waals surface area contributed by atoms with Gasteiger partial charge in [-0.1, -0.05) is 6.07 Å². The monoisotopic (exact) mass is 318 g/mol. The van der Waals surface area contributed by atoms with Gasteiger partial charge < -0.3 is 10.0 Å². The van der Waals surface area contributed by atoms with Crippen molar-refractivity contribution >= 4 is 23.2 Å². The zero-order chi connectivity index (χ0) is 15.4. The number of urea groups is 1. The Morgan fingerprint density at radius 1 is 1.55 bits per heavy atom. The van der Waals surface area contributed by atoms with Gasteiger partial charge in [0, 0.05) is 23.7 Å². The van der Waals surface area contributed by atoms with Crippen LogP contribution in [-0.4, -0.2) is 38.6 Å². The minimum Gasteiger partial charge on any atom is -0.387 e. The molecule has 2 atom stereocenters. The van der Waals surface area contributed by atoms with Gasteiger partial charge in [0.2, 0.25) is 0 Å². The molecule has 0 spiro atoms. The van der Waals surface area contributed by atoms with E-state index in [0.29, 0.717) is 18.8 Å². The smallest absolute Gasteiger partial charge is 0.323 e. The van der Waals surface area contributed by atoms with Crippen molar-refractivity contribution in [1.29, 1.82) is 0 Å². The van der Waals surface area contributed by atoms with Crippen molar-refractivity contribution in [2.75, 3.05) is 11.9 Å². The Labute approximate surface area is 132 Å². The number of aliphatic hydroxyl groups is 1. The summed E-state index contributed by atoms with van der Waals surface area (Å²) in [6, 6.07) is 5.40. The number of aliphatic hydroxyl groups excluding tert-OH is 1. The molecule has 0 aromatic carbocycles. The summed E-state index contributed by atoms with van der Waals surface area (Å²) in [5.74, 6) is 0.490. The molecule has 22 heavy (non-hydrogen) atoms. The predicted octanol–water partition coefficient (Wildman–Crippen LogP) is 2.66. The molecule has 1 aliphatic heterocycles. The molecule has 2 amide bonds. The minimum atomic E-state index is -0.516. The van der Waals surface area contributed by atoms with Gasteiger partial charge in [-0.2, -0.15) is 0 Å². The highest BCUT2D eigenvalue weighted by atomic mass is 32.1. The van der Waals surface area contributed by atoms with Crippen molar-refractivity contribution < 1.29 is 9.90 Å². The molecule has 2 unspecified atom stereocenters. The lowest BCUT2D eigenvalue weighted by molar-refractivity contribution is 0.132. The number of carbonyl (C=O) groups is 1. The van der Waals surface area contributed by atoms with Crippen LogP contribution in [0.15, 0.2) is 36.1 Å². The molecule has 1 aliphatic rings. The summed E-state index contributed by atoms with van der Waals surface area (Å²) in [6.45, 7) is 0.707. The molecule has 116 valence electrons. The molecule has 3 rings (SSSR count). The number of carbonyl (C=O) groups excluding carboxylic acids is 1. The molecule has 0 radical (unpaired) electrons. The Bertz CT molecular complexity index is 605. The number of aromatic nitrogens is 2. The topological polar surface area (TPSA) is 78.4 Å². The van der Waals surface area contributed by atoms with Crippen molar-refractivity contribution in [3.8, 4) is 0 Å². The first kappa shape index (κ1) is 14.9. The highest BCUT2D eigenvalue weighted by Crippen LogP contribution is 2.29. The average molecular weight is 318 g/mol. The van der Waals surface area contributed by atoms with Crippen LogP contribution in [0.1, 0.15) is 30.2 Å². The maximum atomic E-state index is 12.4. The van der Waals surface area contributed by atoms with Gasteiger partial charge in [0.25, 0.3) is 0 Å². The van der Waals surface area contributed by atoms with E-state index in [1.54, 1.807) is 28.5 Å². The molecule has 0 aliphatic carbocycles. The Morgan fingerprint density at radius 2 is 2.45 bits per heavy atom. The molecular formula is C15H18N4O2S. The van der Waals surface area contributed by atoms with E-state index in [-0.39, 0.29) is 12.1 Å². The molecule has 7 heteroatoms. The van der Waals surface area contributed by atoms with Crippen LogP contribution in [-0.2, 0) is 0 Å². The van der Waals surface area contributed by atoms with Crippen LogP contribution in [0.3, 0.4) is 0 Å². The van der Waals surface area contributed by atoms with Crippen molar-refractivity contribution in [2.24, 2.45) is 0 Å². The lowest BCUT2D eigenvalue weighted by Gasteiger charge is -2.26. The van der Waals surface area contributed by atoms with Crippen LogP contribution in [0.25, 0.3) is 0 Å². The first-order valence-electron chi connectivity index (χ1n) is 7.29. The van der Waals surface area contributed by atoms with E-state index in [1.165, 1.54) is 6.33 Å². The van der Waals surface area contributed by atoms with Gasteiger partial charge in [0.15, 0.2) is 0 Å². The van der Waals surface area contributed by atoms with Gasteiger partial charge >= 0.3 is 6.03 Å². The molecule has 1 fully saturated rings. The minimum absolute atomic E-state index is 0.0546. The lowest BCUT2D eigenvalue weighted by Crippen LogP contribution is -2.39. The average Bonchev–Trinajstić information content (AvgIpc) is 3.19. The number of hydrogen-bond donors (Lipinski definition) is 2. The van der Waals surface area contributed by atoms with Gasteiger partial charge in [0.05, 0.1) is 6.10 Å². The zero-order valence-corrected chi connectivity index (χ0v) is 12.9. The maximum absolute atomic E-state index is 12.4. The van der Waals surface area contributed by atoms with Crippen LogP contribution in [0.5, 0.6) is 0 Å². The van der Waals surface area contributed by atoms with Crippen molar-refractivity contribution in [3.05, 3.63) is 41.0 Å². The third-order valence-electron chi connectivity index (χ3n) is 3.82. The fraction of sp³-hybridized carbons (Fsp3) is 0.400. The number of rotatable bonds is 4. The summed E-state index contributed by atoms with van der Waals surface area (Å²) in [5.41, 5.74) is 0. The third kappa shape index (κ3) is 3.42. The Kier molecular flexibility index (Phi) is 4.65. The summed E-state index contributed by atoms with van der Waals surface area (Å²) in [7, 11) is 0. The molecule has 3 heterocycles. The van der Waals surface area contributed by atoms with Gasteiger partial charge in [-0.05, 0) is 36.8 Å². The summed E-state index contributed by atoms with van der Waals surface area (Å²) >= 11 is 1.54. The molecule has 2 aromatic heterocycles. The number of hydrogen-bond acceptors (Lipinski definition) is 5. The molecular weight excluding hydrogens is 300 g/mol. The van der Waals surface area contributed by atoms with E-state index in [0.717, 1.165) is 17.7 Å². The van der Waals surface area contributed by atoms with E-state index in [4.69, 9.17) is 0 Å². The van der Waals surface area contributed by atoms with Crippen molar-refractivity contribution in [2.45, 2.75) is 31.4 Å². The van der Waals surface area contributed by atoms with Gasteiger partial charge in [-0.15, -0.1) is 11.3 Å². The van der Waals surface area contributed by atoms with Crippen molar-refractivity contribution in [3.63, 3.8) is 0 Å². The first-order chi connectivity index (χ1) is 10.7. The van der Waals surface area contributed by atoms with Crippen LogP contribution in [0, 0.1) is 0 Å². The van der Waals surface area contributed by atoms with Crippen LogP contribution >= 0.6 is 11.3 Å². The normalized spacial score (nSPS) is 19.1. The molecule has 1 saturated heterocycles. The Hall–Kier alpha value is -1.99. The second kappa shape index (κ2) is 6.85. The van der Waals surface area contributed by atoms with Crippen LogP contribution in [0.4, 0.5) is 10.6 Å². The van der Waals surface area contributed by atoms with Crippen LogP contribution < -0.4 is 5.32 Å². The first-order valence-corrected chi connectivity index (χ1v) is 8.17. The zero-order valence-electron chi connectivity index (χ0n) is 12.1. The number of nitrogens with zero attached hydrogens (tertiary/aromatic N) is 3. The van der Waals surface area contributed by atoms with E-state index < -0.39 is 6.10 Å². The summed E-state index contributed by atoms with van der Waals surface area (Å²) in [5, 5.41) is 15.0. The lowest BCUT2D eigenvalue weighted by atomic mass is 10.1.